The number of ether oxygens (including phenoxy) is 3. The summed E-state index contributed by atoms with van der Waals surface area (Å²) in [5.41, 5.74) is 0.195. The molecule has 3 aromatic rings. The number of hydrogen-bond donors (Lipinski definition) is 1. The number of carboxylic acids is 1. The second-order valence-corrected chi connectivity index (χ2v) is 8.25. The maximum Gasteiger partial charge on any atom is 0.317 e. The Morgan fingerprint density at radius 3 is 2.14 bits per heavy atom. The number of benzene rings is 3. The van der Waals surface area contributed by atoms with Crippen LogP contribution in [0.5, 0.6) is 17.2 Å². The van der Waals surface area contributed by atoms with Gasteiger partial charge in [0.25, 0.3) is 5.92 Å². The zero-order valence-corrected chi connectivity index (χ0v) is 20.2. The fourth-order valence-corrected chi connectivity index (χ4v) is 3.72. The van der Waals surface area contributed by atoms with Gasteiger partial charge in [-0.25, -0.2) is 4.39 Å². The van der Waals surface area contributed by atoms with Crippen LogP contribution in [0.25, 0.3) is 0 Å². The molecule has 6 nitrogen and oxygen atoms in total. The molecule has 0 amide bonds. The second-order valence-electron chi connectivity index (χ2n) is 8.25. The number of methoxy groups -OCH3 is 2. The molecule has 3 aromatic carbocycles. The number of likely N-dealkylation sites (N-methyl/N-ethyl adjacent to an activating group) is 1. The molecular weight excluding hydrogens is 475 g/mol. The summed E-state index contributed by atoms with van der Waals surface area (Å²) in [6.07, 6.45) is -0.141. The average Bonchev–Trinajstić information content (AvgIpc) is 2.86. The van der Waals surface area contributed by atoms with Crippen LogP contribution >= 0.6 is 0 Å². The Morgan fingerprint density at radius 1 is 0.944 bits per heavy atom. The van der Waals surface area contributed by atoms with E-state index in [1.807, 2.05) is 0 Å². The van der Waals surface area contributed by atoms with Crippen LogP contribution in [0.4, 0.5) is 13.2 Å². The first-order valence-electron chi connectivity index (χ1n) is 11.2. The van der Waals surface area contributed by atoms with E-state index >= 15 is 8.78 Å². The van der Waals surface area contributed by atoms with Crippen LogP contribution in [0.2, 0.25) is 0 Å². The molecule has 0 bridgehead atoms. The summed E-state index contributed by atoms with van der Waals surface area (Å²) >= 11 is 0. The molecule has 1 unspecified atom stereocenters. The number of carbonyl (C=O) groups is 1. The molecule has 0 saturated carbocycles. The largest absolute Gasteiger partial charge is 0.493 e. The molecule has 9 heteroatoms. The highest BCUT2D eigenvalue weighted by atomic mass is 19.3. The lowest BCUT2D eigenvalue weighted by Gasteiger charge is -2.23. The van der Waals surface area contributed by atoms with Gasteiger partial charge in [0.1, 0.15) is 17.7 Å². The van der Waals surface area contributed by atoms with Crippen LogP contribution < -0.4 is 14.2 Å². The molecule has 0 aliphatic carbocycles. The first-order valence-corrected chi connectivity index (χ1v) is 11.2. The van der Waals surface area contributed by atoms with Crippen LogP contribution in [0.1, 0.15) is 29.2 Å². The number of nitrogens with zero attached hydrogens (tertiary/aromatic N) is 1. The van der Waals surface area contributed by atoms with Crippen LogP contribution in [0.15, 0.2) is 66.7 Å². The normalized spacial score (nSPS) is 12.3. The number of aliphatic carboxylic acids is 1. The minimum Gasteiger partial charge on any atom is -0.493 e. The summed E-state index contributed by atoms with van der Waals surface area (Å²) in [5, 5.41) is 8.97. The molecule has 0 aromatic heterocycles. The molecule has 36 heavy (non-hydrogen) atoms. The number of halogens is 3. The summed E-state index contributed by atoms with van der Waals surface area (Å²) in [4.78, 5) is 12.6. The van der Waals surface area contributed by atoms with Crippen LogP contribution in [0.3, 0.4) is 0 Å². The lowest BCUT2D eigenvalue weighted by molar-refractivity contribution is -0.138. The summed E-state index contributed by atoms with van der Waals surface area (Å²) in [7, 11) is 4.47. The van der Waals surface area contributed by atoms with Crippen molar-refractivity contribution in [2.24, 2.45) is 0 Å². The van der Waals surface area contributed by atoms with Gasteiger partial charge in [-0.2, -0.15) is 8.78 Å². The summed E-state index contributed by atoms with van der Waals surface area (Å²) < 4.78 is 60.2. The third-order valence-electron chi connectivity index (χ3n) is 5.66. The molecule has 0 aliphatic heterocycles. The Bertz CT molecular complexity index is 1150. The quantitative estimate of drug-likeness (QED) is 0.352. The van der Waals surface area contributed by atoms with E-state index in [1.165, 1.54) is 68.8 Å². The number of carboxylic acid groups (broad SMARTS) is 1. The maximum atomic E-state index is 15.2. The highest BCUT2D eigenvalue weighted by Gasteiger charge is 2.35. The zero-order chi connectivity index (χ0) is 26.3. The molecule has 1 N–H and O–H groups in total. The summed E-state index contributed by atoms with van der Waals surface area (Å²) in [6, 6.07) is 15.2. The fourth-order valence-electron chi connectivity index (χ4n) is 3.72. The zero-order valence-electron chi connectivity index (χ0n) is 20.2. The molecule has 0 radical (unpaired) electrons. The van der Waals surface area contributed by atoms with Gasteiger partial charge in [0.15, 0.2) is 11.5 Å². The summed E-state index contributed by atoms with van der Waals surface area (Å²) in [5.74, 6) is -3.76. The lowest BCUT2D eigenvalue weighted by atomic mass is 9.99. The third kappa shape index (κ3) is 6.69. The van der Waals surface area contributed by atoms with Gasteiger partial charge in [0.05, 0.1) is 20.8 Å². The van der Waals surface area contributed by atoms with E-state index < -0.39 is 23.8 Å². The van der Waals surface area contributed by atoms with E-state index in [4.69, 9.17) is 19.3 Å². The van der Waals surface area contributed by atoms with E-state index in [0.717, 1.165) is 0 Å². The molecule has 0 spiro atoms. The van der Waals surface area contributed by atoms with Crippen molar-refractivity contribution >= 4 is 5.97 Å². The molecule has 1 atom stereocenters. The molecule has 0 aliphatic rings. The molecular formula is C27H28F3NO5. The van der Waals surface area contributed by atoms with E-state index in [9.17, 15) is 9.18 Å². The first-order chi connectivity index (χ1) is 17.1. The van der Waals surface area contributed by atoms with Gasteiger partial charge < -0.3 is 19.3 Å². The Balaban J connectivity index is 1.80. The van der Waals surface area contributed by atoms with Crippen LogP contribution in [-0.4, -0.2) is 50.3 Å². The van der Waals surface area contributed by atoms with Crippen molar-refractivity contribution in [3.8, 4) is 17.2 Å². The highest BCUT2D eigenvalue weighted by molar-refractivity contribution is 5.69. The van der Waals surface area contributed by atoms with Crippen LogP contribution in [0, 0.1) is 5.82 Å². The van der Waals surface area contributed by atoms with Crippen molar-refractivity contribution in [1.82, 2.24) is 4.90 Å². The predicted octanol–water partition coefficient (Wildman–Crippen LogP) is 5.51. The topological polar surface area (TPSA) is 68.2 Å². The fraction of sp³-hybridized carbons (Fsp3) is 0.296. The van der Waals surface area contributed by atoms with Gasteiger partial charge in [-0.15, -0.1) is 0 Å². The van der Waals surface area contributed by atoms with Gasteiger partial charge in [-0.05, 0) is 67.2 Å². The van der Waals surface area contributed by atoms with Gasteiger partial charge >= 0.3 is 5.97 Å². The number of alkyl halides is 2. The van der Waals surface area contributed by atoms with Crippen molar-refractivity contribution in [1.29, 1.82) is 0 Å². The van der Waals surface area contributed by atoms with Gasteiger partial charge in [0.2, 0.25) is 0 Å². The average molecular weight is 504 g/mol. The monoisotopic (exact) mass is 503 g/mol. The van der Waals surface area contributed by atoms with Gasteiger partial charge in [-0.1, -0.05) is 12.1 Å². The molecule has 3 rings (SSSR count). The standard InChI is InChI=1S/C27H28F3NO5/c1-31(17-26(32)33)15-14-23(18-4-9-21(28)10-5-18)36-22-11-6-19(7-12-22)27(29,30)20-8-13-24(34-2)25(16-20)35-3/h4-13,16,23H,14-15,17H2,1-3H3,(H,32,33). The van der Waals surface area contributed by atoms with E-state index in [1.54, 1.807) is 24.1 Å². The Labute approximate surface area is 207 Å². The van der Waals surface area contributed by atoms with Crippen molar-refractivity contribution in [3.63, 3.8) is 0 Å². The van der Waals surface area contributed by atoms with E-state index in [2.05, 4.69) is 0 Å². The van der Waals surface area contributed by atoms with Crippen LogP contribution in [-0.2, 0) is 10.7 Å². The predicted molar refractivity (Wildman–Crippen MR) is 129 cm³/mol. The first kappa shape index (κ1) is 26.9. The summed E-state index contributed by atoms with van der Waals surface area (Å²) in [6.45, 7) is 0.250. The van der Waals surface area contributed by atoms with Gasteiger partial charge in [-0.3, -0.25) is 9.69 Å². The minimum atomic E-state index is -3.30. The number of rotatable bonds is 12. The molecule has 0 heterocycles. The minimum absolute atomic E-state index is 0.143. The molecule has 0 fully saturated rings. The SMILES string of the molecule is COc1ccc(C(F)(F)c2ccc(OC(CCN(C)CC(=O)O)c3ccc(F)cc3)cc2)cc1OC. The molecule has 0 saturated heterocycles. The lowest BCUT2D eigenvalue weighted by Crippen LogP contribution is -2.28. The van der Waals surface area contributed by atoms with E-state index in [-0.39, 0.29) is 23.4 Å². The Morgan fingerprint density at radius 2 is 1.56 bits per heavy atom. The molecule has 192 valence electrons. The highest BCUT2D eigenvalue weighted by Crippen LogP contribution is 2.40. The van der Waals surface area contributed by atoms with E-state index in [0.29, 0.717) is 30.0 Å². The van der Waals surface area contributed by atoms with Gasteiger partial charge in [0, 0.05) is 24.1 Å². The number of hydrogen-bond acceptors (Lipinski definition) is 5. The third-order valence-corrected chi connectivity index (χ3v) is 5.66. The van der Waals surface area contributed by atoms with Crippen molar-refractivity contribution < 1.29 is 37.3 Å². The maximum absolute atomic E-state index is 15.2. The van der Waals surface area contributed by atoms with Crippen molar-refractivity contribution in [3.05, 3.63) is 89.2 Å². The Kier molecular flexibility index (Phi) is 8.82. The van der Waals surface area contributed by atoms with Crippen molar-refractivity contribution in [2.45, 2.75) is 18.4 Å². The Hall–Kier alpha value is -3.72. The smallest absolute Gasteiger partial charge is 0.317 e. The van der Waals surface area contributed by atoms with Crippen molar-refractivity contribution in [2.75, 3.05) is 34.4 Å². The second kappa shape index (κ2) is 11.8.